The highest BCUT2D eigenvalue weighted by atomic mass is 16.6. The monoisotopic (exact) mass is 330 g/mol. The number of rotatable bonds is 4. The fourth-order valence-corrected chi connectivity index (χ4v) is 2.36. The van der Waals surface area contributed by atoms with E-state index in [4.69, 9.17) is 10.00 Å². The number of ether oxygens (including phenoxy) is 1. The van der Waals surface area contributed by atoms with Crippen LogP contribution in [0.2, 0.25) is 0 Å². The van der Waals surface area contributed by atoms with Crippen molar-refractivity contribution in [1.29, 1.82) is 5.26 Å². The van der Waals surface area contributed by atoms with Gasteiger partial charge in [0.15, 0.2) is 0 Å². The molecule has 0 aliphatic rings. The number of imidazole rings is 1. The number of nitrogens with zero attached hydrogens (tertiary/aromatic N) is 3. The van der Waals surface area contributed by atoms with Crippen LogP contribution in [0.5, 0.6) is 0 Å². The number of fused-ring (bicyclic) bond motifs is 1. The van der Waals surface area contributed by atoms with Crippen molar-refractivity contribution in [2.24, 2.45) is 7.05 Å². The first-order valence-electron chi connectivity index (χ1n) is 7.69. The molecule has 1 atom stereocenters. The summed E-state index contributed by atoms with van der Waals surface area (Å²) in [5.74, 6) is 0.704. The molecule has 7 nitrogen and oxygen atoms in total. The minimum Gasteiger partial charge on any atom is -0.444 e. The summed E-state index contributed by atoms with van der Waals surface area (Å²) in [4.78, 5) is 16.4. The summed E-state index contributed by atoms with van der Waals surface area (Å²) in [6.45, 7) is 5.10. The van der Waals surface area contributed by atoms with E-state index < -0.39 is 17.7 Å². The molecular formula is C17H22N4O3. The Balaban J connectivity index is 2.16. The second kappa shape index (κ2) is 6.89. The van der Waals surface area contributed by atoms with Gasteiger partial charge in [0.05, 0.1) is 35.3 Å². The predicted octanol–water partition coefficient (Wildman–Crippen LogP) is 1.87. The van der Waals surface area contributed by atoms with Crippen LogP contribution in [0, 0.1) is 11.3 Å². The molecule has 2 aromatic rings. The van der Waals surface area contributed by atoms with Gasteiger partial charge in [-0.25, -0.2) is 9.78 Å². The van der Waals surface area contributed by atoms with E-state index in [9.17, 15) is 9.90 Å². The minimum atomic E-state index is -0.601. The van der Waals surface area contributed by atoms with Crippen molar-refractivity contribution >= 4 is 17.1 Å². The number of benzene rings is 1. The van der Waals surface area contributed by atoms with Crippen LogP contribution in [-0.2, 0) is 18.2 Å². The highest BCUT2D eigenvalue weighted by molar-refractivity contribution is 5.77. The maximum Gasteiger partial charge on any atom is 0.407 e. The summed E-state index contributed by atoms with van der Waals surface area (Å²) in [5, 5.41) is 21.2. The van der Waals surface area contributed by atoms with E-state index in [-0.39, 0.29) is 6.61 Å². The van der Waals surface area contributed by atoms with Gasteiger partial charge >= 0.3 is 6.09 Å². The van der Waals surface area contributed by atoms with Gasteiger partial charge in [-0.2, -0.15) is 5.26 Å². The van der Waals surface area contributed by atoms with Gasteiger partial charge in [0, 0.05) is 13.5 Å². The summed E-state index contributed by atoms with van der Waals surface area (Å²) >= 11 is 0. The van der Waals surface area contributed by atoms with Crippen LogP contribution in [0.25, 0.3) is 11.0 Å². The summed E-state index contributed by atoms with van der Waals surface area (Å²) < 4.78 is 7.09. The number of nitrogens with one attached hydrogen (secondary N) is 1. The number of hydrogen-bond acceptors (Lipinski definition) is 5. The molecule has 1 heterocycles. The zero-order chi connectivity index (χ0) is 17.9. The third-order valence-electron chi connectivity index (χ3n) is 3.47. The molecule has 0 bridgehead atoms. The zero-order valence-electron chi connectivity index (χ0n) is 14.3. The molecule has 0 saturated carbocycles. The average Bonchev–Trinajstić information content (AvgIpc) is 2.80. The van der Waals surface area contributed by atoms with E-state index in [1.807, 2.05) is 17.7 Å². The minimum absolute atomic E-state index is 0.230. The molecule has 0 aliphatic carbocycles. The highest BCUT2D eigenvalue weighted by Crippen LogP contribution is 2.17. The normalized spacial score (nSPS) is 12.7. The molecule has 2 rings (SSSR count). The number of carbonyl (C=O) groups excluding carboxylic acids is 1. The molecular weight excluding hydrogens is 308 g/mol. The van der Waals surface area contributed by atoms with Gasteiger partial charge in [-0.15, -0.1) is 0 Å². The highest BCUT2D eigenvalue weighted by Gasteiger charge is 2.21. The fraction of sp³-hybridized carbons (Fsp3) is 0.471. The lowest BCUT2D eigenvalue weighted by Gasteiger charge is -2.22. The number of hydrogen-bond donors (Lipinski definition) is 2. The van der Waals surface area contributed by atoms with E-state index >= 15 is 0 Å². The lowest BCUT2D eigenvalue weighted by Crippen LogP contribution is -2.42. The van der Waals surface area contributed by atoms with E-state index in [0.29, 0.717) is 23.3 Å². The van der Waals surface area contributed by atoms with Crippen LogP contribution >= 0.6 is 0 Å². The molecule has 1 aromatic carbocycles. The van der Waals surface area contributed by atoms with Crippen LogP contribution in [0.1, 0.15) is 32.2 Å². The van der Waals surface area contributed by atoms with Crippen molar-refractivity contribution in [3.8, 4) is 6.07 Å². The number of aliphatic hydroxyl groups excluding tert-OH is 1. The Labute approximate surface area is 140 Å². The number of carbonyl (C=O) groups is 1. The second-order valence-corrected chi connectivity index (χ2v) is 6.63. The Morgan fingerprint density at radius 3 is 2.79 bits per heavy atom. The van der Waals surface area contributed by atoms with Gasteiger partial charge in [0.1, 0.15) is 11.4 Å². The molecule has 0 aliphatic heterocycles. The third-order valence-corrected chi connectivity index (χ3v) is 3.47. The lowest BCUT2D eigenvalue weighted by atomic mass is 10.2. The Morgan fingerprint density at radius 1 is 1.50 bits per heavy atom. The number of aliphatic hydroxyl groups is 1. The van der Waals surface area contributed by atoms with E-state index in [2.05, 4.69) is 16.4 Å². The predicted molar refractivity (Wildman–Crippen MR) is 89.4 cm³/mol. The van der Waals surface area contributed by atoms with Crippen molar-refractivity contribution in [2.75, 3.05) is 6.61 Å². The lowest BCUT2D eigenvalue weighted by molar-refractivity contribution is 0.0482. The van der Waals surface area contributed by atoms with Crippen molar-refractivity contribution in [2.45, 2.75) is 38.8 Å². The Bertz CT molecular complexity index is 783. The fourth-order valence-electron chi connectivity index (χ4n) is 2.36. The Kier molecular flexibility index (Phi) is 5.10. The molecule has 2 N–H and O–H groups in total. The molecule has 0 saturated heterocycles. The van der Waals surface area contributed by atoms with Gasteiger partial charge in [-0.05, 0) is 39.0 Å². The van der Waals surface area contributed by atoms with E-state index in [1.54, 1.807) is 32.9 Å². The van der Waals surface area contributed by atoms with E-state index in [1.165, 1.54) is 0 Å². The third kappa shape index (κ3) is 4.24. The van der Waals surface area contributed by atoms with E-state index in [0.717, 1.165) is 5.52 Å². The SMILES string of the molecule is Cn1c(CC(CO)NC(=O)OC(C)(C)C)nc2cc(C#N)ccc21. The summed E-state index contributed by atoms with van der Waals surface area (Å²) in [6.07, 6.45) is -0.227. The number of amides is 1. The molecule has 0 spiro atoms. The Morgan fingerprint density at radius 2 is 2.21 bits per heavy atom. The molecule has 1 aromatic heterocycles. The van der Waals surface area contributed by atoms with Gasteiger partial charge in [0.25, 0.3) is 0 Å². The van der Waals surface area contributed by atoms with Crippen LogP contribution in [0.15, 0.2) is 18.2 Å². The van der Waals surface area contributed by atoms with Gasteiger partial charge < -0.3 is 19.7 Å². The van der Waals surface area contributed by atoms with Crippen molar-refractivity contribution < 1.29 is 14.6 Å². The molecule has 1 unspecified atom stereocenters. The summed E-state index contributed by atoms with van der Waals surface area (Å²) in [6, 6.07) is 6.86. The number of aryl methyl sites for hydroxylation is 1. The molecule has 7 heteroatoms. The van der Waals surface area contributed by atoms with Crippen LogP contribution in [0.4, 0.5) is 4.79 Å². The maximum atomic E-state index is 11.9. The Hall–Kier alpha value is -2.59. The molecule has 128 valence electrons. The van der Waals surface area contributed by atoms with Crippen LogP contribution in [0.3, 0.4) is 0 Å². The quantitative estimate of drug-likeness (QED) is 0.891. The number of alkyl carbamates (subject to hydrolysis) is 1. The topological polar surface area (TPSA) is 100 Å². The zero-order valence-corrected chi connectivity index (χ0v) is 14.3. The van der Waals surface area contributed by atoms with Crippen molar-refractivity contribution in [3.63, 3.8) is 0 Å². The first-order chi connectivity index (χ1) is 11.2. The molecule has 0 fully saturated rings. The second-order valence-electron chi connectivity index (χ2n) is 6.63. The smallest absolute Gasteiger partial charge is 0.407 e. The maximum absolute atomic E-state index is 11.9. The summed E-state index contributed by atoms with van der Waals surface area (Å²) in [5.41, 5.74) is 1.53. The van der Waals surface area contributed by atoms with Crippen molar-refractivity contribution in [1.82, 2.24) is 14.9 Å². The first kappa shape index (κ1) is 17.8. The van der Waals surface area contributed by atoms with Gasteiger partial charge in [-0.3, -0.25) is 0 Å². The largest absolute Gasteiger partial charge is 0.444 e. The number of aromatic nitrogens is 2. The number of nitriles is 1. The molecule has 24 heavy (non-hydrogen) atoms. The average molecular weight is 330 g/mol. The summed E-state index contributed by atoms with van der Waals surface area (Å²) in [7, 11) is 1.86. The molecule has 0 radical (unpaired) electrons. The van der Waals surface area contributed by atoms with Crippen LogP contribution < -0.4 is 5.32 Å². The molecule has 1 amide bonds. The van der Waals surface area contributed by atoms with Gasteiger partial charge in [-0.1, -0.05) is 0 Å². The van der Waals surface area contributed by atoms with Crippen molar-refractivity contribution in [3.05, 3.63) is 29.6 Å². The van der Waals surface area contributed by atoms with Gasteiger partial charge in [0.2, 0.25) is 0 Å². The first-order valence-corrected chi connectivity index (χ1v) is 7.69. The van der Waals surface area contributed by atoms with Crippen LogP contribution in [-0.4, -0.2) is 39.0 Å². The standard InChI is InChI=1S/C17H22N4O3/c1-17(2,3)24-16(23)19-12(10-22)8-15-20-13-7-11(9-18)5-6-14(13)21(15)4/h5-7,12,22H,8,10H2,1-4H3,(H,19,23).